The van der Waals surface area contributed by atoms with Crippen LogP contribution >= 0.6 is 11.3 Å². The first-order valence-corrected chi connectivity index (χ1v) is 9.80. The molecule has 5 nitrogen and oxygen atoms in total. The number of nitrogens with one attached hydrogen (secondary N) is 3. The Morgan fingerprint density at radius 1 is 1.30 bits per heavy atom. The molecule has 0 unspecified atom stereocenters. The van der Waals surface area contributed by atoms with Gasteiger partial charge in [-0.15, -0.1) is 11.3 Å². The van der Waals surface area contributed by atoms with E-state index < -0.39 is 10.0 Å². The van der Waals surface area contributed by atoms with Crippen LogP contribution < -0.4 is 14.5 Å². The number of hydrogen-bond acceptors (Lipinski definition) is 3. The van der Waals surface area contributed by atoms with E-state index in [0.717, 1.165) is 26.2 Å². The van der Waals surface area contributed by atoms with E-state index in [4.69, 9.17) is 0 Å². The van der Waals surface area contributed by atoms with Gasteiger partial charge < -0.3 is 9.80 Å². The highest BCUT2D eigenvalue weighted by molar-refractivity contribution is 7.88. The third kappa shape index (κ3) is 4.26. The van der Waals surface area contributed by atoms with Gasteiger partial charge in [0.15, 0.2) is 0 Å². The van der Waals surface area contributed by atoms with Gasteiger partial charge in [0, 0.05) is 0 Å². The van der Waals surface area contributed by atoms with Crippen molar-refractivity contribution in [2.24, 2.45) is 0 Å². The fraction of sp³-hybridized carbons (Fsp3) is 0.692. The molecule has 2 heterocycles. The quantitative estimate of drug-likeness (QED) is 0.596. The molecule has 2 rings (SSSR count). The third-order valence-electron chi connectivity index (χ3n) is 3.94. The number of hydrogen-bond donors (Lipinski definition) is 3. The number of likely N-dealkylation sites (N-methyl/N-ethyl adjacent to an activating group) is 1. The minimum atomic E-state index is -3.17. The maximum absolute atomic E-state index is 11.5. The topological polar surface area (TPSA) is 55.0 Å². The zero-order valence-corrected chi connectivity index (χ0v) is 14.0. The lowest BCUT2D eigenvalue weighted by Gasteiger charge is -2.35. The Balaban J connectivity index is 2.17. The van der Waals surface area contributed by atoms with Crippen molar-refractivity contribution in [1.82, 2.24) is 4.72 Å². The number of rotatable bonds is 5. The van der Waals surface area contributed by atoms with E-state index in [9.17, 15) is 8.42 Å². The van der Waals surface area contributed by atoms with Crippen molar-refractivity contribution in [2.45, 2.75) is 19.0 Å². The summed E-state index contributed by atoms with van der Waals surface area (Å²) in [5, 5.41) is 2.07. The fourth-order valence-corrected chi connectivity index (χ4v) is 4.78. The Hall–Kier alpha value is -0.470. The number of sulfonamides is 1. The molecule has 0 amide bonds. The molecule has 1 saturated heterocycles. The summed E-state index contributed by atoms with van der Waals surface area (Å²) in [5.74, 6) is 0. The highest BCUT2D eigenvalue weighted by Crippen LogP contribution is 2.20. The van der Waals surface area contributed by atoms with Crippen LogP contribution in [0.4, 0.5) is 0 Å². The Kier molecular flexibility index (Phi) is 5.19. The van der Waals surface area contributed by atoms with Gasteiger partial charge in [0.25, 0.3) is 0 Å². The van der Waals surface area contributed by atoms with Crippen LogP contribution in [0.5, 0.6) is 0 Å². The molecular weight excluding hydrogens is 294 g/mol. The van der Waals surface area contributed by atoms with Crippen LogP contribution in [0.15, 0.2) is 17.5 Å². The largest absolute Gasteiger partial charge is 0.328 e. The molecule has 0 spiro atoms. The van der Waals surface area contributed by atoms with Crippen molar-refractivity contribution in [1.29, 1.82) is 0 Å². The minimum Gasteiger partial charge on any atom is -0.328 e. The smallest absolute Gasteiger partial charge is 0.209 e. The van der Waals surface area contributed by atoms with Gasteiger partial charge >= 0.3 is 0 Å². The predicted molar refractivity (Wildman–Crippen MR) is 81.8 cm³/mol. The van der Waals surface area contributed by atoms with E-state index >= 15 is 0 Å². The monoisotopic (exact) mass is 319 g/mol. The first-order valence-electron chi connectivity index (χ1n) is 7.03. The molecule has 20 heavy (non-hydrogen) atoms. The molecule has 3 N–H and O–H groups in total. The molecule has 1 aliphatic heterocycles. The molecule has 1 aliphatic rings. The second-order valence-corrected chi connectivity index (χ2v) is 8.55. The SMILES string of the molecule is C[C@H](NS(C)(=O)=O)[C@@H](c1cccs1)[NH+]1CC[NH+](C)CC1. The number of thiophene rings is 1. The molecule has 1 aromatic rings. The molecule has 0 radical (unpaired) electrons. The molecule has 0 bridgehead atoms. The van der Waals surface area contributed by atoms with Gasteiger partial charge in [-0.3, -0.25) is 0 Å². The summed E-state index contributed by atoms with van der Waals surface area (Å²) in [7, 11) is -0.955. The van der Waals surface area contributed by atoms with Gasteiger partial charge in [-0.05, 0) is 18.4 Å². The average molecular weight is 319 g/mol. The predicted octanol–water partition coefficient (Wildman–Crippen LogP) is -1.86. The lowest BCUT2D eigenvalue weighted by atomic mass is 10.1. The minimum absolute atomic E-state index is 0.0861. The Morgan fingerprint density at radius 2 is 1.95 bits per heavy atom. The molecule has 114 valence electrons. The van der Waals surface area contributed by atoms with E-state index in [1.165, 1.54) is 16.0 Å². The first-order chi connectivity index (χ1) is 9.37. The third-order valence-corrected chi connectivity index (χ3v) is 5.69. The van der Waals surface area contributed by atoms with E-state index in [1.807, 2.05) is 13.0 Å². The Morgan fingerprint density at radius 3 is 2.45 bits per heavy atom. The zero-order valence-electron chi connectivity index (χ0n) is 12.3. The van der Waals surface area contributed by atoms with Crippen LogP contribution in [0.2, 0.25) is 0 Å². The molecule has 7 heteroatoms. The average Bonchev–Trinajstić information content (AvgIpc) is 2.83. The second-order valence-electron chi connectivity index (χ2n) is 5.79. The molecular formula is C13H25N3O2S2+2. The van der Waals surface area contributed by atoms with Crippen molar-refractivity contribution in [3.8, 4) is 0 Å². The first kappa shape index (κ1) is 15.9. The second kappa shape index (κ2) is 6.53. The van der Waals surface area contributed by atoms with Gasteiger partial charge in [-0.1, -0.05) is 6.07 Å². The summed E-state index contributed by atoms with van der Waals surface area (Å²) in [6.07, 6.45) is 1.23. The Labute approximate surface area is 125 Å². The van der Waals surface area contributed by atoms with Crippen molar-refractivity contribution in [3.05, 3.63) is 22.4 Å². The van der Waals surface area contributed by atoms with E-state index in [1.54, 1.807) is 16.2 Å². The van der Waals surface area contributed by atoms with Gasteiger partial charge in [-0.25, -0.2) is 13.1 Å². The van der Waals surface area contributed by atoms with Crippen LogP contribution in [0, 0.1) is 0 Å². The normalized spacial score (nSPS) is 27.1. The van der Waals surface area contributed by atoms with Crippen LogP contribution in [0.1, 0.15) is 17.8 Å². The maximum atomic E-state index is 11.5. The Bertz CT molecular complexity index is 508. The van der Waals surface area contributed by atoms with Gasteiger partial charge in [0.05, 0.1) is 24.2 Å². The van der Waals surface area contributed by atoms with E-state index in [-0.39, 0.29) is 12.1 Å². The van der Waals surface area contributed by atoms with Gasteiger partial charge in [0.2, 0.25) is 10.0 Å². The van der Waals surface area contributed by atoms with Crippen LogP contribution in [-0.2, 0) is 10.0 Å². The van der Waals surface area contributed by atoms with Crippen molar-refractivity contribution in [3.63, 3.8) is 0 Å². The summed E-state index contributed by atoms with van der Waals surface area (Å²) in [5.41, 5.74) is 0. The molecule has 2 atom stereocenters. The standard InChI is InChI=1S/C13H23N3O2S2/c1-11(14-20(3,17)18)13(12-5-4-10-19-12)16-8-6-15(2)7-9-16/h4-5,10-11,13-14H,6-9H2,1-3H3/p+2/t11-,13-/m0/s1. The molecule has 1 aromatic heterocycles. The summed E-state index contributed by atoms with van der Waals surface area (Å²) in [6.45, 7) is 6.43. The van der Waals surface area contributed by atoms with Crippen LogP contribution in [-0.4, -0.2) is 53.9 Å². The molecule has 0 aromatic carbocycles. The molecule has 0 saturated carbocycles. The summed E-state index contributed by atoms with van der Waals surface area (Å²) in [6, 6.07) is 4.28. The van der Waals surface area contributed by atoms with E-state index in [0.29, 0.717) is 0 Å². The maximum Gasteiger partial charge on any atom is 0.209 e. The van der Waals surface area contributed by atoms with Gasteiger partial charge in [0.1, 0.15) is 32.2 Å². The van der Waals surface area contributed by atoms with Crippen molar-refractivity contribution < 1.29 is 18.2 Å². The summed E-state index contributed by atoms with van der Waals surface area (Å²) >= 11 is 1.72. The summed E-state index contributed by atoms with van der Waals surface area (Å²) < 4.78 is 25.8. The lowest BCUT2D eigenvalue weighted by Crippen LogP contribution is -3.27. The highest BCUT2D eigenvalue weighted by Gasteiger charge is 2.35. The lowest BCUT2D eigenvalue weighted by molar-refractivity contribution is -1.02. The van der Waals surface area contributed by atoms with Crippen LogP contribution in [0.3, 0.4) is 0 Å². The van der Waals surface area contributed by atoms with Gasteiger partial charge in [-0.2, -0.15) is 0 Å². The fourth-order valence-electron chi connectivity index (χ4n) is 2.98. The summed E-state index contributed by atoms with van der Waals surface area (Å²) in [4.78, 5) is 4.31. The number of piperazine rings is 1. The van der Waals surface area contributed by atoms with E-state index in [2.05, 4.69) is 23.2 Å². The molecule has 0 aliphatic carbocycles. The number of quaternary nitrogens is 2. The van der Waals surface area contributed by atoms with Crippen molar-refractivity contribution >= 4 is 21.4 Å². The highest BCUT2D eigenvalue weighted by atomic mass is 32.2. The van der Waals surface area contributed by atoms with Crippen molar-refractivity contribution in [2.75, 3.05) is 39.5 Å². The zero-order chi connectivity index (χ0) is 14.8. The molecule has 1 fully saturated rings. The van der Waals surface area contributed by atoms with Crippen LogP contribution in [0.25, 0.3) is 0 Å².